The highest BCUT2D eigenvalue weighted by Gasteiger charge is 2.25. The van der Waals surface area contributed by atoms with Gasteiger partial charge in [0.2, 0.25) is 0 Å². The maximum atomic E-state index is 11.4. The first-order valence-corrected chi connectivity index (χ1v) is 6.80. The summed E-state index contributed by atoms with van der Waals surface area (Å²) in [4.78, 5) is 11.4. The van der Waals surface area contributed by atoms with E-state index in [-0.39, 0.29) is 11.8 Å². The van der Waals surface area contributed by atoms with Gasteiger partial charge in [0.05, 0.1) is 5.92 Å². The maximum absolute atomic E-state index is 11.4. The Morgan fingerprint density at radius 1 is 1.11 bits per heavy atom. The number of carbonyl (C=O) groups is 1. The molecule has 0 aliphatic rings. The molecule has 0 saturated carbocycles. The second-order valence-electron chi connectivity index (χ2n) is 5.40. The van der Waals surface area contributed by atoms with Crippen LogP contribution in [-0.4, -0.2) is 11.1 Å². The van der Waals surface area contributed by atoms with Gasteiger partial charge in [0.1, 0.15) is 0 Å². The van der Waals surface area contributed by atoms with Crippen LogP contribution in [0, 0.1) is 5.92 Å². The second-order valence-corrected chi connectivity index (χ2v) is 5.40. The van der Waals surface area contributed by atoms with E-state index in [2.05, 4.69) is 32.9 Å². The molecular weight excluding hydrogens is 224 g/mol. The number of hydrogen-bond donors (Lipinski definition) is 1. The van der Waals surface area contributed by atoms with E-state index in [9.17, 15) is 9.90 Å². The third-order valence-electron chi connectivity index (χ3n) is 3.54. The first-order chi connectivity index (χ1) is 8.47. The van der Waals surface area contributed by atoms with Crippen LogP contribution in [0.15, 0.2) is 24.3 Å². The molecule has 18 heavy (non-hydrogen) atoms. The summed E-state index contributed by atoms with van der Waals surface area (Å²) in [7, 11) is 0. The smallest absolute Gasteiger partial charge is 0.311 e. The van der Waals surface area contributed by atoms with E-state index in [1.165, 1.54) is 5.56 Å². The summed E-state index contributed by atoms with van der Waals surface area (Å²) in [5, 5.41) is 9.40. The topological polar surface area (TPSA) is 37.3 Å². The molecule has 0 amide bonds. The van der Waals surface area contributed by atoms with Gasteiger partial charge in [0.25, 0.3) is 0 Å². The molecule has 2 nitrogen and oxygen atoms in total. The van der Waals surface area contributed by atoms with Crippen LogP contribution >= 0.6 is 0 Å². The lowest BCUT2D eigenvalue weighted by molar-refractivity contribution is -0.140. The van der Waals surface area contributed by atoms with Crippen molar-refractivity contribution in [3.63, 3.8) is 0 Å². The van der Waals surface area contributed by atoms with Gasteiger partial charge in [0.15, 0.2) is 0 Å². The average molecular weight is 248 g/mol. The highest BCUT2D eigenvalue weighted by atomic mass is 16.4. The summed E-state index contributed by atoms with van der Waals surface area (Å²) in [5.41, 5.74) is 2.18. The van der Waals surface area contributed by atoms with Crippen molar-refractivity contribution in [3.05, 3.63) is 35.4 Å². The van der Waals surface area contributed by atoms with Gasteiger partial charge in [-0.15, -0.1) is 0 Å². The maximum Gasteiger partial charge on any atom is 0.311 e. The molecular formula is C16H24O2. The van der Waals surface area contributed by atoms with Gasteiger partial charge >= 0.3 is 5.97 Å². The molecule has 0 aliphatic heterocycles. The molecule has 0 fully saturated rings. The standard InChI is InChI=1S/C16H24O2/c1-5-6-12(4)15(16(17)18)14-9-7-13(8-10-14)11(2)3/h7-12,15H,5-6H2,1-4H3,(H,17,18). The van der Waals surface area contributed by atoms with Crippen molar-refractivity contribution in [1.82, 2.24) is 0 Å². The van der Waals surface area contributed by atoms with Gasteiger partial charge in [-0.1, -0.05) is 58.4 Å². The number of benzene rings is 1. The molecule has 0 spiro atoms. The molecule has 1 aromatic rings. The highest BCUT2D eigenvalue weighted by Crippen LogP contribution is 2.29. The Bertz CT molecular complexity index is 379. The Labute approximate surface area is 110 Å². The van der Waals surface area contributed by atoms with E-state index in [1.54, 1.807) is 0 Å². The third kappa shape index (κ3) is 3.59. The number of hydrogen-bond acceptors (Lipinski definition) is 1. The van der Waals surface area contributed by atoms with E-state index in [0.29, 0.717) is 5.92 Å². The van der Waals surface area contributed by atoms with Crippen LogP contribution in [0.25, 0.3) is 0 Å². The molecule has 2 unspecified atom stereocenters. The Kier molecular flexibility index (Phi) is 5.39. The van der Waals surface area contributed by atoms with Gasteiger partial charge in [-0.05, 0) is 29.4 Å². The number of carboxylic acids is 1. The molecule has 1 aromatic carbocycles. The minimum atomic E-state index is -0.715. The summed E-state index contributed by atoms with van der Waals surface area (Å²) in [5.74, 6) is -0.438. The van der Waals surface area contributed by atoms with Crippen molar-refractivity contribution >= 4 is 5.97 Å². The van der Waals surface area contributed by atoms with Crippen molar-refractivity contribution in [2.75, 3.05) is 0 Å². The molecule has 0 saturated heterocycles. The van der Waals surface area contributed by atoms with E-state index < -0.39 is 5.97 Å². The van der Waals surface area contributed by atoms with Crippen molar-refractivity contribution in [2.24, 2.45) is 5.92 Å². The molecule has 1 N–H and O–H groups in total. The quantitative estimate of drug-likeness (QED) is 0.809. The number of carboxylic acid groups (broad SMARTS) is 1. The average Bonchev–Trinajstić information content (AvgIpc) is 2.29. The fraction of sp³-hybridized carbons (Fsp3) is 0.562. The minimum absolute atomic E-state index is 0.178. The molecule has 100 valence electrons. The predicted molar refractivity (Wildman–Crippen MR) is 75.0 cm³/mol. The second kappa shape index (κ2) is 6.58. The molecule has 2 atom stereocenters. The third-order valence-corrected chi connectivity index (χ3v) is 3.54. The molecule has 2 heteroatoms. The van der Waals surface area contributed by atoms with Crippen molar-refractivity contribution in [3.8, 4) is 0 Å². The SMILES string of the molecule is CCCC(C)C(C(=O)O)c1ccc(C(C)C)cc1. The monoisotopic (exact) mass is 248 g/mol. The largest absolute Gasteiger partial charge is 0.481 e. The highest BCUT2D eigenvalue weighted by molar-refractivity contribution is 5.76. The van der Waals surface area contributed by atoms with E-state index in [1.807, 2.05) is 19.1 Å². The molecule has 0 bridgehead atoms. The molecule has 1 rings (SSSR count). The lowest BCUT2D eigenvalue weighted by Crippen LogP contribution is -2.19. The van der Waals surface area contributed by atoms with Crippen LogP contribution in [0.2, 0.25) is 0 Å². The van der Waals surface area contributed by atoms with Crippen LogP contribution in [0.1, 0.15) is 63.5 Å². The lowest BCUT2D eigenvalue weighted by Gasteiger charge is -2.20. The summed E-state index contributed by atoms with van der Waals surface area (Å²) in [6.45, 7) is 8.41. The first kappa shape index (κ1) is 14.7. The Hall–Kier alpha value is -1.31. The van der Waals surface area contributed by atoms with Crippen LogP contribution in [0.5, 0.6) is 0 Å². The minimum Gasteiger partial charge on any atom is -0.481 e. The Morgan fingerprint density at radius 2 is 1.61 bits per heavy atom. The first-order valence-electron chi connectivity index (χ1n) is 6.80. The van der Waals surface area contributed by atoms with Gasteiger partial charge in [-0.2, -0.15) is 0 Å². The number of rotatable bonds is 6. The molecule has 0 aliphatic carbocycles. The molecule has 0 heterocycles. The summed E-state index contributed by atoms with van der Waals surface area (Å²) in [6, 6.07) is 8.05. The Morgan fingerprint density at radius 3 is 2.00 bits per heavy atom. The fourth-order valence-corrected chi connectivity index (χ4v) is 2.42. The van der Waals surface area contributed by atoms with Gasteiger partial charge in [-0.3, -0.25) is 4.79 Å². The Balaban J connectivity index is 2.96. The van der Waals surface area contributed by atoms with E-state index in [0.717, 1.165) is 18.4 Å². The fourth-order valence-electron chi connectivity index (χ4n) is 2.42. The zero-order chi connectivity index (χ0) is 13.7. The normalized spacial score (nSPS) is 14.5. The van der Waals surface area contributed by atoms with Crippen LogP contribution in [-0.2, 0) is 4.79 Å². The van der Waals surface area contributed by atoms with Crippen LogP contribution in [0.3, 0.4) is 0 Å². The summed E-state index contributed by atoms with van der Waals surface area (Å²) >= 11 is 0. The number of aliphatic carboxylic acids is 1. The van der Waals surface area contributed by atoms with Crippen molar-refractivity contribution < 1.29 is 9.90 Å². The summed E-state index contributed by atoms with van der Waals surface area (Å²) in [6.07, 6.45) is 1.97. The van der Waals surface area contributed by atoms with Gasteiger partial charge < -0.3 is 5.11 Å². The van der Waals surface area contributed by atoms with E-state index in [4.69, 9.17) is 0 Å². The predicted octanol–water partition coefficient (Wildman–Crippen LogP) is 4.41. The lowest BCUT2D eigenvalue weighted by atomic mass is 9.84. The zero-order valence-electron chi connectivity index (χ0n) is 11.8. The van der Waals surface area contributed by atoms with E-state index >= 15 is 0 Å². The van der Waals surface area contributed by atoms with Gasteiger partial charge in [0, 0.05) is 0 Å². The van der Waals surface area contributed by atoms with Gasteiger partial charge in [-0.25, -0.2) is 0 Å². The van der Waals surface area contributed by atoms with Crippen molar-refractivity contribution in [1.29, 1.82) is 0 Å². The zero-order valence-corrected chi connectivity index (χ0v) is 11.8. The summed E-state index contributed by atoms with van der Waals surface area (Å²) < 4.78 is 0. The van der Waals surface area contributed by atoms with Crippen LogP contribution in [0.4, 0.5) is 0 Å². The van der Waals surface area contributed by atoms with Crippen molar-refractivity contribution in [2.45, 2.75) is 52.4 Å². The van der Waals surface area contributed by atoms with Crippen LogP contribution < -0.4 is 0 Å². The molecule has 0 radical (unpaired) electrons. The molecule has 0 aromatic heterocycles.